The number of aryl methyl sites for hydroxylation is 1. The predicted molar refractivity (Wildman–Crippen MR) is 147 cm³/mol. The second-order valence-corrected chi connectivity index (χ2v) is 10.5. The highest BCUT2D eigenvalue weighted by atomic mass is 35.5. The molecule has 0 unspecified atom stereocenters. The van der Waals surface area contributed by atoms with Crippen LogP contribution < -0.4 is 10.6 Å². The molecule has 190 valence electrons. The SMILES string of the molecule is C=CCn1c(SCC(=O)Nc2ccccc2C)nnc1[C@H](CC(C)C)NC(=O)c1ccc(Cl)cc1Cl. The van der Waals surface area contributed by atoms with Gasteiger partial charge in [0, 0.05) is 17.3 Å². The topological polar surface area (TPSA) is 88.9 Å². The van der Waals surface area contributed by atoms with E-state index in [4.69, 9.17) is 23.2 Å². The van der Waals surface area contributed by atoms with Gasteiger partial charge in [-0.05, 0) is 49.1 Å². The standard InChI is InChI=1S/C26H29Cl2N5O2S/c1-5-12-33-24(22(13-16(2)3)30-25(35)19-11-10-18(27)14-20(19)28)31-32-26(33)36-15-23(34)29-21-9-7-6-8-17(21)4/h5-11,14,16,22H,1,12-13,15H2,2-4H3,(H,29,34)(H,30,35)/t22-/m0/s1. The van der Waals surface area contributed by atoms with E-state index in [2.05, 4.69) is 41.3 Å². The number of benzene rings is 2. The molecule has 0 saturated heterocycles. The van der Waals surface area contributed by atoms with Crippen molar-refractivity contribution in [3.05, 3.63) is 82.1 Å². The molecule has 10 heteroatoms. The lowest BCUT2D eigenvalue weighted by Gasteiger charge is -2.21. The maximum atomic E-state index is 13.1. The van der Waals surface area contributed by atoms with Gasteiger partial charge in [0.25, 0.3) is 5.91 Å². The van der Waals surface area contributed by atoms with E-state index < -0.39 is 6.04 Å². The third-order valence-electron chi connectivity index (χ3n) is 5.31. The van der Waals surface area contributed by atoms with Crippen molar-refractivity contribution in [1.29, 1.82) is 0 Å². The molecule has 7 nitrogen and oxygen atoms in total. The van der Waals surface area contributed by atoms with Gasteiger partial charge >= 0.3 is 0 Å². The van der Waals surface area contributed by atoms with E-state index in [0.29, 0.717) is 34.5 Å². The zero-order chi connectivity index (χ0) is 26.2. The van der Waals surface area contributed by atoms with Crippen LogP contribution in [0.4, 0.5) is 5.69 Å². The number of carbonyl (C=O) groups is 2. The van der Waals surface area contributed by atoms with Crippen LogP contribution >= 0.6 is 35.0 Å². The first kappa shape index (κ1) is 27.8. The Morgan fingerprint density at radius 2 is 1.92 bits per heavy atom. The summed E-state index contributed by atoms with van der Waals surface area (Å²) < 4.78 is 1.87. The largest absolute Gasteiger partial charge is 0.342 e. The van der Waals surface area contributed by atoms with Crippen LogP contribution in [0, 0.1) is 12.8 Å². The number of nitrogens with one attached hydrogen (secondary N) is 2. The number of para-hydroxylation sites is 1. The van der Waals surface area contributed by atoms with E-state index in [-0.39, 0.29) is 28.5 Å². The van der Waals surface area contributed by atoms with Crippen molar-refractivity contribution in [1.82, 2.24) is 20.1 Å². The highest BCUT2D eigenvalue weighted by Gasteiger charge is 2.25. The minimum absolute atomic E-state index is 0.145. The fourth-order valence-corrected chi connectivity index (χ4v) is 4.85. The molecule has 2 aromatic carbocycles. The maximum Gasteiger partial charge on any atom is 0.253 e. The van der Waals surface area contributed by atoms with Gasteiger partial charge in [-0.25, -0.2) is 0 Å². The number of rotatable bonds is 11. The van der Waals surface area contributed by atoms with Crippen molar-refractivity contribution in [2.24, 2.45) is 5.92 Å². The van der Waals surface area contributed by atoms with Crippen LogP contribution in [-0.4, -0.2) is 32.3 Å². The summed E-state index contributed by atoms with van der Waals surface area (Å²) in [6.45, 7) is 10.3. The van der Waals surface area contributed by atoms with Gasteiger partial charge in [0.1, 0.15) is 0 Å². The Morgan fingerprint density at radius 1 is 1.17 bits per heavy atom. The average Bonchev–Trinajstić information content (AvgIpc) is 3.21. The molecule has 0 aliphatic heterocycles. The average molecular weight is 547 g/mol. The van der Waals surface area contributed by atoms with Gasteiger partial charge in [0.15, 0.2) is 11.0 Å². The summed E-state index contributed by atoms with van der Waals surface area (Å²) in [5, 5.41) is 16.0. The first-order valence-corrected chi connectivity index (χ1v) is 13.2. The van der Waals surface area contributed by atoms with Crippen LogP contribution in [0.15, 0.2) is 60.3 Å². The molecule has 0 aliphatic carbocycles. The monoisotopic (exact) mass is 545 g/mol. The Bertz CT molecular complexity index is 1240. The minimum Gasteiger partial charge on any atom is -0.342 e. The molecule has 0 aliphatic rings. The highest BCUT2D eigenvalue weighted by Crippen LogP contribution is 2.27. The number of nitrogens with zero attached hydrogens (tertiary/aromatic N) is 3. The van der Waals surface area contributed by atoms with E-state index in [9.17, 15) is 9.59 Å². The van der Waals surface area contributed by atoms with E-state index in [0.717, 1.165) is 11.3 Å². The van der Waals surface area contributed by atoms with E-state index in [1.165, 1.54) is 17.8 Å². The number of allylic oxidation sites excluding steroid dienone is 1. The number of carbonyl (C=O) groups excluding carboxylic acids is 2. The van der Waals surface area contributed by atoms with Gasteiger partial charge in [-0.2, -0.15) is 0 Å². The van der Waals surface area contributed by atoms with Gasteiger partial charge in [-0.3, -0.25) is 9.59 Å². The molecule has 1 heterocycles. The quantitative estimate of drug-likeness (QED) is 0.217. The number of thioether (sulfide) groups is 1. The Labute approximate surface area is 225 Å². The zero-order valence-electron chi connectivity index (χ0n) is 20.4. The van der Waals surface area contributed by atoms with Crippen LogP contribution in [0.1, 0.15) is 48.1 Å². The first-order chi connectivity index (χ1) is 17.2. The molecule has 0 spiro atoms. The van der Waals surface area contributed by atoms with Gasteiger partial charge in [-0.15, -0.1) is 16.8 Å². The number of hydrogen-bond acceptors (Lipinski definition) is 5. The molecular formula is C26H29Cl2N5O2S. The summed E-state index contributed by atoms with van der Waals surface area (Å²) in [4.78, 5) is 25.6. The van der Waals surface area contributed by atoms with E-state index in [1.54, 1.807) is 18.2 Å². The lowest BCUT2D eigenvalue weighted by Crippen LogP contribution is -2.32. The summed E-state index contributed by atoms with van der Waals surface area (Å²) >= 11 is 13.5. The highest BCUT2D eigenvalue weighted by molar-refractivity contribution is 7.99. The van der Waals surface area contributed by atoms with Crippen LogP contribution in [0.2, 0.25) is 10.0 Å². The maximum absolute atomic E-state index is 13.1. The number of anilines is 1. The summed E-state index contributed by atoms with van der Waals surface area (Å²) in [6.07, 6.45) is 2.36. The Morgan fingerprint density at radius 3 is 2.58 bits per heavy atom. The zero-order valence-corrected chi connectivity index (χ0v) is 22.8. The Hall–Kier alpha value is -2.81. The molecule has 0 radical (unpaired) electrons. The second-order valence-electron chi connectivity index (χ2n) is 8.67. The molecular weight excluding hydrogens is 517 g/mol. The van der Waals surface area contributed by atoms with Gasteiger partial charge in [-0.1, -0.05) is 73.1 Å². The Kier molecular flexibility index (Phi) is 9.98. The molecule has 2 N–H and O–H groups in total. The normalized spacial score (nSPS) is 11.8. The first-order valence-electron chi connectivity index (χ1n) is 11.5. The minimum atomic E-state index is -0.424. The van der Waals surface area contributed by atoms with Crippen LogP contribution in [0.5, 0.6) is 0 Å². The number of halogens is 2. The van der Waals surface area contributed by atoms with Crippen molar-refractivity contribution in [2.75, 3.05) is 11.1 Å². The second kappa shape index (κ2) is 12.9. The third kappa shape index (κ3) is 7.35. The molecule has 0 saturated carbocycles. The van der Waals surface area contributed by atoms with Crippen molar-refractivity contribution in [3.63, 3.8) is 0 Å². The molecule has 1 aromatic heterocycles. The molecule has 2 amide bonds. The number of amides is 2. The van der Waals surface area contributed by atoms with Crippen molar-refractivity contribution < 1.29 is 9.59 Å². The third-order valence-corrected chi connectivity index (χ3v) is 6.82. The molecule has 1 atom stereocenters. The van der Waals surface area contributed by atoms with Gasteiger partial charge in [0.05, 0.1) is 22.4 Å². The molecule has 3 rings (SSSR count). The van der Waals surface area contributed by atoms with Crippen molar-refractivity contribution in [2.45, 2.75) is 44.9 Å². The fourth-order valence-electron chi connectivity index (χ4n) is 3.60. The molecule has 36 heavy (non-hydrogen) atoms. The fraction of sp³-hybridized carbons (Fsp3) is 0.308. The Balaban J connectivity index is 1.79. The lowest BCUT2D eigenvalue weighted by molar-refractivity contribution is -0.113. The van der Waals surface area contributed by atoms with Crippen LogP contribution in [0.3, 0.4) is 0 Å². The number of hydrogen-bond donors (Lipinski definition) is 2. The molecule has 3 aromatic rings. The van der Waals surface area contributed by atoms with Crippen LogP contribution in [-0.2, 0) is 11.3 Å². The van der Waals surface area contributed by atoms with Gasteiger partial charge in [0.2, 0.25) is 5.91 Å². The van der Waals surface area contributed by atoms with Crippen molar-refractivity contribution in [3.8, 4) is 0 Å². The smallest absolute Gasteiger partial charge is 0.253 e. The summed E-state index contributed by atoms with van der Waals surface area (Å²) in [5.74, 6) is 0.533. The van der Waals surface area contributed by atoms with Crippen LogP contribution in [0.25, 0.3) is 0 Å². The summed E-state index contributed by atoms with van der Waals surface area (Å²) in [7, 11) is 0. The summed E-state index contributed by atoms with van der Waals surface area (Å²) in [6, 6.07) is 11.9. The van der Waals surface area contributed by atoms with Crippen molar-refractivity contribution >= 4 is 52.5 Å². The van der Waals surface area contributed by atoms with E-state index in [1.807, 2.05) is 35.8 Å². The number of aromatic nitrogens is 3. The van der Waals surface area contributed by atoms with E-state index >= 15 is 0 Å². The molecule has 0 bridgehead atoms. The predicted octanol–water partition coefficient (Wildman–Crippen LogP) is 6.33. The molecule has 0 fully saturated rings. The summed E-state index contributed by atoms with van der Waals surface area (Å²) in [5.41, 5.74) is 2.09. The lowest BCUT2D eigenvalue weighted by atomic mass is 10.0. The van der Waals surface area contributed by atoms with Gasteiger partial charge < -0.3 is 15.2 Å².